The molecule has 2 N–H and O–H groups in total. The number of rotatable bonds is 7. The van der Waals surface area contributed by atoms with E-state index in [0.717, 1.165) is 18.1 Å². The molecule has 0 spiro atoms. The molecule has 0 bridgehead atoms. The lowest BCUT2D eigenvalue weighted by atomic mass is 9.97. The van der Waals surface area contributed by atoms with Gasteiger partial charge in [0.1, 0.15) is 17.6 Å². The second kappa shape index (κ2) is 10.9. The van der Waals surface area contributed by atoms with Crippen LogP contribution in [-0.4, -0.2) is 28.2 Å². The maximum absolute atomic E-state index is 13.6. The monoisotopic (exact) mass is 461 g/mol. The number of benzene rings is 2. The number of nitrogens with zero attached hydrogens (tertiary/aromatic N) is 2. The summed E-state index contributed by atoms with van der Waals surface area (Å²) in [5.41, 5.74) is 0.506. The highest BCUT2D eigenvalue weighted by Gasteiger charge is 2.25. The zero-order chi connectivity index (χ0) is 24.6. The summed E-state index contributed by atoms with van der Waals surface area (Å²) in [6, 6.07) is 12.6. The summed E-state index contributed by atoms with van der Waals surface area (Å²) in [5.74, 6) is -3.40. The minimum atomic E-state index is -3.02. The van der Waals surface area contributed by atoms with Crippen LogP contribution in [0.25, 0.3) is 0 Å². The number of carbonyl (C=O) groups is 1. The van der Waals surface area contributed by atoms with Crippen molar-refractivity contribution in [1.29, 1.82) is 0 Å². The van der Waals surface area contributed by atoms with Crippen LogP contribution in [0.2, 0.25) is 0 Å². The fourth-order valence-corrected chi connectivity index (χ4v) is 2.81. The van der Waals surface area contributed by atoms with Gasteiger partial charge in [-0.3, -0.25) is 9.18 Å². The molecule has 0 atom stereocenters. The number of nitrogens with one attached hydrogen (secondary N) is 1. The number of halogens is 3. The maximum atomic E-state index is 13.6. The van der Waals surface area contributed by atoms with Gasteiger partial charge in [0.2, 0.25) is 5.88 Å². The standard InChI is InChI=1S/C23H23F2N3O3.CH3F/c1-22(2,30)16-9-7-15(8-10-16)12-27-20(29)19-13-26-14-28-21(19)31-18-6-4-5-17(11-18)23(3,24)25;1-2/h4-11,13-14,30H,12H2,1-3H3,(H,27,29);1H3. The van der Waals surface area contributed by atoms with E-state index >= 15 is 0 Å². The van der Waals surface area contributed by atoms with Crippen molar-refractivity contribution in [3.05, 3.63) is 83.3 Å². The van der Waals surface area contributed by atoms with Gasteiger partial charge in [-0.1, -0.05) is 36.4 Å². The van der Waals surface area contributed by atoms with Gasteiger partial charge >= 0.3 is 0 Å². The summed E-state index contributed by atoms with van der Waals surface area (Å²) in [7, 11) is 0.500. The lowest BCUT2D eigenvalue weighted by molar-refractivity contribution is 0.0172. The Balaban J connectivity index is 0.00000187. The summed E-state index contributed by atoms with van der Waals surface area (Å²) in [6.07, 6.45) is 2.51. The SMILES string of the molecule is CC(C)(O)c1ccc(CNC(=O)c2cncnc2Oc2cccc(C(C)(F)F)c2)cc1.CF. The van der Waals surface area contributed by atoms with Crippen LogP contribution in [0.5, 0.6) is 11.6 Å². The van der Waals surface area contributed by atoms with Gasteiger partial charge in [0.15, 0.2) is 0 Å². The molecule has 6 nitrogen and oxygen atoms in total. The largest absolute Gasteiger partial charge is 0.438 e. The van der Waals surface area contributed by atoms with Crippen LogP contribution in [0.4, 0.5) is 13.2 Å². The van der Waals surface area contributed by atoms with Gasteiger partial charge in [0.25, 0.3) is 11.8 Å². The van der Waals surface area contributed by atoms with Crippen molar-refractivity contribution in [2.45, 2.75) is 38.8 Å². The predicted octanol–water partition coefficient (Wildman–Crippen LogP) is 5.12. The van der Waals surface area contributed by atoms with Crippen molar-refractivity contribution in [3.63, 3.8) is 0 Å². The van der Waals surface area contributed by atoms with E-state index in [9.17, 15) is 23.1 Å². The number of aromatic nitrogens is 2. The van der Waals surface area contributed by atoms with Gasteiger partial charge in [-0.05, 0) is 37.1 Å². The molecule has 1 heterocycles. The highest BCUT2D eigenvalue weighted by atomic mass is 19.3. The van der Waals surface area contributed by atoms with Gasteiger partial charge in [0.05, 0.1) is 12.8 Å². The van der Waals surface area contributed by atoms with Gasteiger partial charge in [0, 0.05) is 25.2 Å². The third-order valence-electron chi connectivity index (χ3n) is 4.59. The Hall–Kier alpha value is -3.46. The van der Waals surface area contributed by atoms with E-state index in [0.29, 0.717) is 7.18 Å². The van der Waals surface area contributed by atoms with E-state index in [1.165, 1.54) is 36.8 Å². The maximum Gasteiger partial charge on any atom is 0.270 e. The van der Waals surface area contributed by atoms with E-state index in [2.05, 4.69) is 15.3 Å². The number of hydrogen-bond acceptors (Lipinski definition) is 5. The fraction of sp³-hybridized carbons (Fsp3) is 0.292. The lowest BCUT2D eigenvalue weighted by Crippen LogP contribution is -2.24. The first kappa shape index (κ1) is 25.8. The quantitative estimate of drug-likeness (QED) is 0.510. The molecular formula is C24H26F3N3O3. The minimum Gasteiger partial charge on any atom is -0.438 e. The van der Waals surface area contributed by atoms with Crippen LogP contribution in [0.3, 0.4) is 0 Å². The number of aliphatic hydroxyl groups is 1. The van der Waals surface area contributed by atoms with Crippen LogP contribution in [0, 0.1) is 0 Å². The summed E-state index contributed by atoms with van der Waals surface area (Å²) in [4.78, 5) is 20.5. The molecule has 1 aromatic heterocycles. The Morgan fingerprint density at radius 2 is 1.73 bits per heavy atom. The van der Waals surface area contributed by atoms with Crippen molar-refractivity contribution >= 4 is 5.91 Å². The zero-order valence-corrected chi connectivity index (χ0v) is 18.8. The Morgan fingerprint density at radius 1 is 1.06 bits per heavy atom. The second-order valence-electron chi connectivity index (χ2n) is 7.70. The lowest BCUT2D eigenvalue weighted by Gasteiger charge is -2.18. The first-order valence-electron chi connectivity index (χ1n) is 9.98. The first-order chi connectivity index (χ1) is 15.5. The molecule has 9 heteroatoms. The number of hydrogen-bond donors (Lipinski definition) is 2. The van der Waals surface area contributed by atoms with Crippen LogP contribution >= 0.6 is 0 Å². The third-order valence-corrected chi connectivity index (χ3v) is 4.59. The average molecular weight is 461 g/mol. The molecule has 3 aromatic rings. The van der Waals surface area contributed by atoms with Crippen molar-refractivity contribution in [2.24, 2.45) is 0 Å². The molecule has 33 heavy (non-hydrogen) atoms. The molecule has 2 aromatic carbocycles. The van der Waals surface area contributed by atoms with Crippen molar-refractivity contribution < 1.29 is 27.8 Å². The van der Waals surface area contributed by atoms with E-state index in [4.69, 9.17) is 4.74 Å². The Kier molecular flexibility index (Phi) is 8.53. The molecule has 1 amide bonds. The molecule has 0 fully saturated rings. The van der Waals surface area contributed by atoms with Crippen LogP contribution in [0.15, 0.2) is 61.1 Å². The number of alkyl halides is 3. The molecule has 0 aliphatic heterocycles. The van der Waals surface area contributed by atoms with Gasteiger partial charge < -0.3 is 15.2 Å². The topological polar surface area (TPSA) is 84.3 Å². The molecule has 176 valence electrons. The summed E-state index contributed by atoms with van der Waals surface area (Å²) < 4.78 is 42.2. The van der Waals surface area contributed by atoms with E-state index in [-0.39, 0.29) is 29.3 Å². The molecule has 0 saturated heterocycles. The van der Waals surface area contributed by atoms with Crippen molar-refractivity contribution in [1.82, 2.24) is 15.3 Å². The molecule has 0 aliphatic rings. The Labute approximate surface area is 190 Å². The number of carbonyl (C=O) groups excluding carboxylic acids is 1. The Bertz CT molecular complexity index is 1060. The van der Waals surface area contributed by atoms with Crippen LogP contribution in [0.1, 0.15) is 47.8 Å². The van der Waals surface area contributed by atoms with Gasteiger partial charge in [-0.25, -0.2) is 18.7 Å². The number of ether oxygens (including phenoxy) is 1. The van der Waals surface area contributed by atoms with Crippen molar-refractivity contribution in [2.75, 3.05) is 7.18 Å². The smallest absolute Gasteiger partial charge is 0.270 e. The van der Waals surface area contributed by atoms with Crippen LogP contribution < -0.4 is 10.1 Å². The predicted molar refractivity (Wildman–Crippen MR) is 118 cm³/mol. The number of amides is 1. The Morgan fingerprint density at radius 3 is 2.33 bits per heavy atom. The van der Waals surface area contributed by atoms with Crippen LogP contribution in [-0.2, 0) is 18.1 Å². The van der Waals surface area contributed by atoms with Crippen molar-refractivity contribution in [3.8, 4) is 11.6 Å². The van der Waals surface area contributed by atoms with E-state index < -0.39 is 17.4 Å². The second-order valence-corrected chi connectivity index (χ2v) is 7.70. The normalized spacial score (nSPS) is 11.3. The average Bonchev–Trinajstić information content (AvgIpc) is 2.78. The molecule has 0 radical (unpaired) electrons. The third kappa shape index (κ3) is 7.28. The molecule has 0 saturated carbocycles. The zero-order valence-electron chi connectivity index (χ0n) is 18.8. The molecular weight excluding hydrogens is 435 g/mol. The summed E-state index contributed by atoms with van der Waals surface area (Å²) >= 11 is 0. The summed E-state index contributed by atoms with van der Waals surface area (Å²) in [5, 5.41) is 12.8. The first-order valence-corrected chi connectivity index (χ1v) is 9.98. The summed E-state index contributed by atoms with van der Waals surface area (Å²) in [6.45, 7) is 4.41. The van der Waals surface area contributed by atoms with Gasteiger partial charge in [-0.2, -0.15) is 0 Å². The van der Waals surface area contributed by atoms with E-state index in [1.807, 2.05) is 12.1 Å². The molecule has 0 aliphatic carbocycles. The highest BCUT2D eigenvalue weighted by molar-refractivity contribution is 5.96. The van der Waals surface area contributed by atoms with Gasteiger partial charge in [-0.15, -0.1) is 0 Å². The highest BCUT2D eigenvalue weighted by Crippen LogP contribution is 2.31. The van der Waals surface area contributed by atoms with E-state index in [1.54, 1.807) is 26.0 Å². The molecule has 0 unspecified atom stereocenters. The fourth-order valence-electron chi connectivity index (χ4n) is 2.81. The minimum absolute atomic E-state index is 0.0403. The molecule has 3 rings (SSSR count).